The summed E-state index contributed by atoms with van der Waals surface area (Å²) in [5.41, 5.74) is 2.51. The molecule has 0 amide bonds. The zero-order valence-electron chi connectivity index (χ0n) is 20.0. The Kier molecular flexibility index (Phi) is 8.01. The van der Waals surface area contributed by atoms with Crippen LogP contribution in [-0.4, -0.2) is 46.8 Å². The molecule has 0 aliphatic carbocycles. The number of aromatic nitrogens is 2. The van der Waals surface area contributed by atoms with E-state index in [1.54, 1.807) is 12.4 Å². The van der Waals surface area contributed by atoms with Crippen LogP contribution in [0.25, 0.3) is 0 Å². The first kappa shape index (κ1) is 24.0. The minimum absolute atomic E-state index is 0.0344. The van der Waals surface area contributed by atoms with Crippen LogP contribution in [0.3, 0.4) is 0 Å². The number of rotatable bonds is 9. The molecule has 178 valence electrons. The summed E-state index contributed by atoms with van der Waals surface area (Å²) in [4.78, 5) is 26.0. The van der Waals surface area contributed by atoms with Gasteiger partial charge in [-0.25, -0.2) is 14.4 Å². The van der Waals surface area contributed by atoms with E-state index in [9.17, 15) is 4.79 Å². The molecular formula is C28H33FN4O. The molecule has 0 N–H and O–H groups in total. The van der Waals surface area contributed by atoms with Crippen molar-refractivity contribution in [1.29, 1.82) is 0 Å². The van der Waals surface area contributed by atoms with E-state index in [-0.39, 0.29) is 23.6 Å². The van der Waals surface area contributed by atoms with Crippen LogP contribution in [0.5, 0.6) is 0 Å². The fourth-order valence-corrected chi connectivity index (χ4v) is 4.84. The first-order chi connectivity index (χ1) is 16.6. The Labute approximate surface area is 201 Å². The lowest BCUT2D eigenvalue weighted by atomic mass is 9.93. The Morgan fingerprint density at radius 1 is 0.941 bits per heavy atom. The van der Waals surface area contributed by atoms with Crippen LogP contribution in [-0.2, 0) is 11.2 Å². The molecule has 34 heavy (non-hydrogen) atoms. The Bertz CT molecular complexity index is 1020. The van der Waals surface area contributed by atoms with Crippen LogP contribution in [0, 0.1) is 11.7 Å². The third-order valence-corrected chi connectivity index (χ3v) is 6.80. The van der Waals surface area contributed by atoms with Crippen molar-refractivity contribution in [3.8, 4) is 0 Å². The van der Waals surface area contributed by atoms with Gasteiger partial charge in [-0.05, 0) is 42.2 Å². The third-order valence-electron chi connectivity index (χ3n) is 6.80. The fraction of sp³-hybridized carbons (Fsp3) is 0.393. The second-order valence-corrected chi connectivity index (χ2v) is 8.89. The van der Waals surface area contributed by atoms with Crippen LogP contribution >= 0.6 is 0 Å². The third kappa shape index (κ3) is 5.50. The summed E-state index contributed by atoms with van der Waals surface area (Å²) in [7, 11) is 0. The van der Waals surface area contributed by atoms with Gasteiger partial charge in [0.1, 0.15) is 17.4 Å². The summed E-state index contributed by atoms with van der Waals surface area (Å²) in [6.45, 7) is 7.01. The SMILES string of the molecule is CCC(CC)C(=O)Cc1ccc(N2CCN(C(c3ccccc3)c3ncccn3)CC2)c(F)c1. The number of hydrogen-bond acceptors (Lipinski definition) is 5. The predicted octanol–water partition coefficient (Wildman–Crippen LogP) is 5.08. The minimum Gasteiger partial charge on any atom is -0.367 e. The average molecular weight is 461 g/mol. The van der Waals surface area contributed by atoms with Gasteiger partial charge in [0.15, 0.2) is 0 Å². The molecule has 2 heterocycles. The van der Waals surface area contributed by atoms with Gasteiger partial charge >= 0.3 is 0 Å². The van der Waals surface area contributed by atoms with Crippen molar-refractivity contribution in [1.82, 2.24) is 14.9 Å². The van der Waals surface area contributed by atoms with Gasteiger partial charge in [0, 0.05) is 50.9 Å². The Hall–Kier alpha value is -3.12. The maximum atomic E-state index is 15.0. The van der Waals surface area contributed by atoms with Gasteiger partial charge in [-0.15, -0.1) is 0 Å². The molecule has 1 unspecified atom stereocenters. The van der Waals surface area contributed by atoms with Crippen molar-refractivity contribution in [2.45, 2.75) is 39.2 Å². The highest BCUT2D eigenvalue weighted by Gasteiger charge is 2.29. The molecule has 1 aliphatic rings. The summed E-state index contributed by atoms with van der Waals surface area (Å²) >= 11 is 0. The summed E-state index contributed by atoms with van der Waals surface area (Å²) in [6, 6.07) is 17.3. The Morgan fingerprint density at radius 3 is 2.24 bits per heavy atom. The lowest BCUT2D eigenvalue weighted by molar-refractivity contribution is -0.122. The van der Waals surface area contributed by atoms with Gasteiger partial charge in [0.25, 0.3) is 0 Å². The zero-order chi connectivity index (χ0) is 23.9. The molecule has 0 spiro atoms. The van der Waals surface area contributed by atoms with E-state index in [0.717, 1.165) is 42.9 Å². The zero-order valence-corrected chi connectivity index (χ0v) is 20.0. The molecule has 0 radical (unpaired) electrons. The minimum atomic E-state index is -0.255. The van der Waals surface area contributed by atoms with Gasteiger partial charge in [-0.1, -0.05) is 50.2 Å². The van der Waals surface area contributed by atoms with Crippen LogP contribution in [0.1, 0.15) is 49.7 Å². The van der Waals surface area contributed by atoms with Crippen molar-refractivity contribution in [3.63, 3.8) is 0 Å². The van der Waals surface area contributed by atoms with Gasteiger partial charge < -0.3 is 4.90 Å². The molecule has 2 aromatic carbocycles. The van der Waals surface area contributed by atoms with Gasteiger partial charge in [0.05, 0.1) is 11.7 Å². The molecule has 1 fully saturated rings. The summed E-state index contributed by atoms with van der Waals surface area (Å²) in [5, 5.41) is 0. The number of anilines is 1. The molecule has 1 atom stereocenters. The van der Waals surface area contributed by atoms with E-state index >= 15 is 4.39 Å². The van der Waals surface area contributed by atoms with Gasteiger partial charge in [-0.3, -0.25) is 9.69 Å². The summed E-state index contributed by atoms with van der Waals surface area (Å²) in [6.07, 6.45) is 5.52. The summed E-state index contributed by atoms with van der Waals surface area (Å²) in [5.74, 6) is 0.775. The van der Waals surface area contributed by atoms with E-state index in [4.69, 9.17) is 0 Å². The second kappa shape index (κ2) is 11.3. The van der Waals surface area contributed by atoms with Crippen LogP contribution < -0.4 is 4.90 Å². The molecule has 4 rings (SSSR count). The first-order valence-electron chi connectivity index (χ1n) is 12.2. The van der Waals surface area contributed by atoms with E-state index in [1.165, 1.54) is 6.07 Å². The van der Waals surface area contributed by atoms with Gasteiger partial charge in [-0.2, -0.15) is 0 Å². The maximum Gasteiger partial charge on any atom is 0.149 e. The highest BCUT2D eigenvalue weighted by Crippen LogP contribution is 2.29. The first-order valence-corrected chi connectivity index (χ1v) is 12.2. The molecule has 3 aromatic rings. The van der Waals surface area contributed by atoms with Crippen molar-refractivity contribution in [2.24, 2.45) is 5.92 Å². The van der Waals surface area contributed by atoms with Crippen molar-refractivity contribution in [2.75, 3.05) is 31.1 Å². The molecule has 0 saturated carbocycles. The number of halogens is 1. The lowest BCUT2D eigenvalue weighted by Crippen LogP contribution is -2.48. The van der Waals surface area contributed by atoms with Crippen molar-refractivity contribution < 1.29 is 9.18 Å². The van der Waals surface area contributed by atoms with E-state index < -0.39 is 0 Å². The fourth-order valence-electron chi connectivity index (χ4n) is 4.84. The number of ketones is 1. The molecule has 0 bridgehead atoms. The van der Waals surface area contributed by atoms with Gasteiger partial charge in [0.2, 0.25) is 0 Å². The predicted molar refractivity (Wildman–Crippen MR) is 133 cm³/mol. The number of carbonyl (C=O) groups is 1. The number of piperazine rings is 1. The number of hydrogen-bond donors (Lipinski definition) is 0. The van der Waals surface area contributed by atoms with Crippen molar-refractivity contribution >= 4 is 11.5 Å². The normalized spacial score (nSPS) is 15.5. The Balaban J connectivity index is 1.45. The maximum absolute atomic E-state index is 15.0. The molecule has 6 heteroatoms. The van der Waals surface area contributed by atoms with Crippen LogP contribution in [0.4, 0.5) is 10.1 Å². The number of carbonyl (C=O) groups excluding carboxylic acids is 1. The largest absolute Gasteiger partial charge is 0.367 e. The molecule has 1 aromatic heterocycles. The quantitative estimate of drug-likeness (QED) is 0.446. The van der Waals surface area contributed by atoms with E-state index in [0.29, 0.717) is 25.2 Å². The molecule has 5 nitrogen and oxygen atoms in total. The Morgan fingerprint density at radius 2 is 1.62 bits per heavy atom. The lowest BCUT2D eigenvalue weighted by Gasteiger charge is -2.40. The smallest absolute Gasteiger partial charge is 0.149 e. The van der Waals surface area contributed by atoms with Crippen LogP contribution in [0.2, 0.25) is 0 Å². The van der Waals surface area contributed by atoms with E-state index in [2.05, 4.69) is 31.9 Å². The monoisotopic (exact) mass is 460 g/mol. The summed E-state index contributed by atoms with van der Waals surface area (Å²) < 4.78 is 15.0. The van der Waals surface area contributed by atoms with Crippen molar-refractivity contribution in [3.05, 3.63) is 89.8 Å². The highest BCUT2D eigenvalue weighted by atomic mass is 19.1. The second-order valence-electron chi connectivity index (χ2n) is 8.89. The number of benzene rings is 2. The number of Topliss-reactive ketones (excluding diaryl/α,β-unsaturated/α-hetero) is 1. The number of nitrogens with zero attached hydrogens (tertiary/aromatic N) is 4. The molecular weight excluding hydrogens is 427 g/mol. The molecule has 1 aliphatic heterocycles. The molecule has 1 saturated heterocycles. The van der Waals surface area contributed by atoms with Crippen LogP contribution in [0.15, 0.2) is 67.0 Å². The topological polar surface area (TPSA) is 49.3 Å². The highest BCUT2D eigenvalue weighted by molar-refractivity contribution is 5.83. The van der Waals surface area contributed by atoms with E-state index in [1.807, 2.05) is 50.2 Å². The average Bonchev–Trinajstić information content (AvgIpc) is 2.87. The standard InChI is InChI=1S/C28H33FN4O/c1-3-22(4-2)26(34)20-21-11-12-25(24(29)19-21)32-15-17-33(18-16-32)27(23-9-6-5-7-10-23)28-30-13-8-14-31-28/h5-14,19,22,27H,3-4,15-18,20H2,1-2H3.